The number of rotatable bonds is 6. The Morgan fingerprint density at radius 3 is 2.71 bits per heavy atom. The highest BCUT2D eigenvalue weighted by Crippen LogP contribution is 2.09. The lowest BCUT2D eigenvalue weighted by Gasteiger charge is -2.10. The van der Waals surface area contributed by atoms with E-state index in [0.717, 1.165) is 24.7 Å². The van der Waals surface area contributed by atoms with E-state index in [1.54, 1.807) is 0 Å². The number of nitrogens with one attached hydrogen (secondary N) is 1. The third kappa shape index (κ3) is 4.58. The van der Waals surface area contributed by atoms with E-state index in [2.05, 4.69) is 5.32 Å². The number of Topliss-reactive ketones (excluding diaryl/α,β-unsaturated/α-hetero) is 1. The average molecular weight is 242 g/mol. The molecule has 0 aliphatic heterocycles. The largest absolute Gasteiger partial charge is 0.308 e. The predicted molar refractivity (Wildman–Crippen MR) is 62.1 cm³/mol. The van der Waals surface area contributed by atoms with E-state index in [9.17, 15) is 13.6 Å². The van der Waals surface area contributed by atoms with Crippen LogP contribution in [0.1, 0.15) is 10.4 Å². The standard InChI is InChI=1S/C12H16F2N2O/c1-16(2)6-5-15-8-12(17)10-7-9(13)3-4-11(10)14/h3-4,7,15H,5-6,8H2,1-2H3. The maximum atomic E-state index is 13.2. The molecular weight excluding hydrogens is 226 g/mol. The molecule has 17 heavy (non-hydrogen) atoms. The maximum Gasteiger partial charge on any atom is 0.179 e. The van der Waals surface area contributed by atoms with Crippen LogP contribution in [0.4, 0.5) is 8.78 Å². The van der Waals surface area contributed by atoms with E-state index in [-0.39, 0.29) is 12.1 Å². The van der Waals surface area contributed by atoms with E-state index in [4.69, 9.17) is 0 Å². The monoisotopic (exact) mass is 242 g/mol. The summed E-state index contributed by atoms with van der Waals surface area (Å²) in [6, 6.07) is 2.87. The van der Waals surface area contributed by atoms with Crippen molar-refractivity contribution in [3.05, 3.63) is 35.4 Å². The van der Waals surface area contributed by atoms with Crippen molar-refractivity contribution in [1.29, 1.82) is 0 Å². The minimum Gasteiger partial charge on any atom is -0.308 e. The van der Waals surface area contributed by atoms with Crippen LogP contribution in [0.15, 0.2) is 18.2 Å². The van der Waals surface area contributed by atoms with E-state index >= 15 is 0 Å². The third-order valence-corrected chi connectivity index (χ3v) is 2.25. The van der Waals surface area contributed by atoms with Gasteiger partial charge in [-0.1, -0.05) is 0 Å². The summed E-state index contributed by atoms with van der Waals surface area (Å²) in [6.07, 6.45) is 0. The zero-order valence-corrected chi connectivity index (χ0v) is 9.96. The van der Waals surface area contributed by atoms with Crippen molar-refractivity contribution in [1.82, 2.24) is 10.2 Å². The quantitative estimate of drug-likeness (QED) is 0.603. The summed E-state index contributed by atoms with van der Waals surface area (Å²) in [7, 11) is 3.82. The lowest BCUT2D eigenvalue weighted by atomic mass is 10.1. The minimum atomic E-state index is -0.689. The summed E-state index contributed by atoms with van der Waals surface area (Å²) < 4.78 is 26.1. The second-order valence-electron chi connectivity index (χ2n) is 4.03. The highest BCUT2D eigenvalue weighted by molar-refractivity contribution is 5.97. The number of hydrogen-bond donors (Lipinski definition) is 1. The van der Waals surface area contributed by atoms with Gasteiger partial charge in [0.15, 0.2) is 5.78 Å². The van der Waals surface area contributed by atoms with Gasteiger partial charge in [-0.05, 0) is 32.3 Å². The van der Waals surface area contributed by atoms with E-state index in [1.165, 1.54) is 0 Å². The fourth-order valence-corrected chi connectivity index (χ4v) is 1.31. The molecule has 0 unspecified atom stereocenters. The van der Waals surface area contributed by atoms with Gasteiger partial charge < -0.3 is 10.2 Å². The van der Waals surface area contributed by atoms with Crippen LogP contribution in [0.3, 0.4) is 0 Å². The van der Waals surface area contributed by atoms with Crippen LogP contribution >= 0.6 is 0 Å². The van der Waals surface area contributed by atoms with Gasteiger partial charge in [0.1, 0.15) is 11.6 Å². The van der Waals surface area contributed by atoms with Gasteiger partial charge in [-0.15, -0.1) is 0 Å². The lowest BCUT2D eigenvalue weighted by molar-refractivity contribution is 0.0986. The fraction of sp³-hybridized carbons (Fsp3) is 0.417. The molecule has 0 aliphatic carbocycles. The van der Waals surface area contributed by atoms with Crippen LogP contribution in [-0.2, 0) is 0 Å². The summed E-state index contributed by atoms with van der Waals surface area (Å²) in [6.45, 7) is 1.41. The van der Waals surface area contributed by atoms with Crippen LogP contribution in [0.25, 0.3) is 0 Å². The SMILES string of the molecule is CN(C)CCNCC(=O)c1cc(F)ccc1F. The van der Waals surface area contributed by atoms with Gasteiger partial charge in [-0.25, -0.2) is 8.78 Å². The van der Waals surface area contributed by atoms with Crippen molar-refractivity contribution >= 4 is 5.78 Å². The van der Waals surface area contributed by atoms with Crippen molar-refractivity contribution in [2.45, 2.75) is 0 Å². The number of hydrogen-bond acceptors (Lipinski definition) is 3. The molecule has 0 bridgehead atoms. The Kier molecular flexibility index (Phi) is 5.18. The number of carbonyl (C=O) groups is 1. The molecule has 1 aromatic rings. The average Bonchev–Trinajstić information content (AvgIpc) is 2.27. The molecule has 0 atom stereocenters. The Bertz CT molecular complexity index is 394. The molecule has 0 saturated carbocycles. The van der Waals surface area contributed by atoms with E-state index in [0.29, 0.717) is 6.54 Å². The maximum absolute atomic E-state index is 13.2. The van der Waals surface area contributed by atoms with Crippen molar-refractivity contribution in [2.75, 3.05) is 33.7 Å². The molecule has 1 aromatic carbocycles. The summed E-state index contributed by atoms with van der Waals surface area (Å²) in [5.74, 6) is -1.74. The molecule has 0 aliphatic rings. The number of benzene rings is 1. The first-order valence-corrected chi connectivity index (χ1v) is 5.34. The zero-order valence-electron chi connectivity index (χ0n) is 9.96. The molecule has 5 heteroatoms. The van der Waals surface area contributed by atoms with Crippen LogP contribution < -0.4 is 5.32 Å². The highest BCUT2D eigenvalue weighted by atomic mass is 19.1. The van der Waals surface area contributed by atoms with Gasteiger partial charge in [-0.2, -0.15) is 0 Å². The number of likely N-dealkylation sites (N-methyl/N-ethyl adjacent to an activating group) is 1. The van der Waals surface area contributed by atoms with Gasteiger partial charge in [0.05, 0.1) is 12.1 Å². The first-order valence-electron chi connectivity index (χ1n) is 5.34. The normalized spacial score (nSPS) is 10.9. The number of carbonyl (C=O) groups excluding carboxylic acids is 1. The fourth-order valence-electron chi connectivity index (χ4n) is 1.31. The molecule has 3 nitrogen and oxygen atoms in total. The molecule has 0 aromatic heterocycles. The van der Waals surface area contributed by atoms with Gasteiger partial charge in [0.25, 0.3) is 0 Å². The van der Waals surface area contributed by atoms with Crippen molar-refractivity contribution in [2.24, 2.45) is 0 Å². The second kappa shape index (κ2) is 6.42. The van der Waals surface area contributed by atoms with Crippen molar-refractivity contribution in [3.8, 4) is 0 Å². The van der Waals surface area contributed by atoms with Gasteiger partial charge in [-0.3, -0.25) is 4.79 Å². The summed E-state index contributed by atoms with van der Waals surface area (Å²) >= 11 is 0. The van der Waals surface area contributed by atoms with Gasteiger partial charge in [0, 0.05) is 13.1 Å². The van der Waals surface area contributed by atoms with Crippen LogP contribution in [-0.4, -0.2) is 44.4 Å². The molecule has 0 saturated heterocycles. The molecule has 1 rings (SSSR count). The van der Waals surface area contributed by atoms with Crippen LogP contribution in [0.5, 0.6) is 0 Å². The number of halogens is 2. The Morgan fingerprint density at radius 1 is 1.35 bits per heavy atom. The smallest absolute Gasteiger partial charge is 0.179 e. The van der Waals surface area contributed by atoms with Crippen molar-refractivity contribution < 1.29 is 13.6 Å². The molecule has 0 heterocycles. The van der Waals surface area contributed by atoms with Gasteiger partial charge in [0.2, 0.25) is 0 Å². The van der Waals surface area contributed by atoms with E-state index in [1.807, 2.05) is 19.0 Å². The topological polar surface area (TPSA) is 32.3 Å². The predicted octanol–water partition coefficient (Wildman–Crippen LogP) is 1.30. The van der Waals surface area contributed by atoms with Crippen LogP contribution in [0.2, 0.25) is 0 Å². The van der Waals surface area contributed by atoms with Crippen molar-refractivity contribution in [3.63, 3.8) is 0 Å². The van der Waals surface area contributed by atoms with Gasteiger partial charge >= 0.3 is 0 Å². The van der Waals surface area contributed by atoms with Crippen LogP contribution in [0, 0.1) is 11.6 Å². The second-order valence-corrected chi connectivity index (χ2v) is 4.03. The molecular formula is C12H16F2N2O. The Labute approximate surface area is 99.4 Å². The molecule has 0 fully saturated rings. The Morgan fingerprint density at radius 2 is 2.06 bits per heavy atom. The minimum absolute atomic E-state index is 0.00815. The molecule has 0 amide bonds. The van der Waals surface area contributed by atoms with E-state index < -0.39 is 17.4 Å². The third-order valence-electron chi connectivity index (χ3n) is 2.25. The molecule has 1 N–H and O–H groups in total. The summed E-state index contributed by atoms with van der Waals surface area (Å²) in [5, 5.41) is 2.88. The lowest BCUT2D eigenvalue weighted by Crippen LogP contribution is -2.30. The molecule has 0 spiro atoms. The molecule has 94 valence electrons. The number of nitrogens with zero attached hydrogens (tertiary/aromatic N) is 1. The highest BCUT2D eigenvalue weighted by Gasteiger charge is 2.12. The Balaban J connectivity index is 2.49. The zero-order chi connectivity index (χ0) is 12.8. The summed E-state index contributed by atoms with van der Waals surface area (Å²) in [5.41, 5.74) is -0.206. The first-order chi connectivity index (χ1) is 8.00. The number of ketones is 1. The molecule has 0 radical (unpaired) electrons. The Hall–Kier alpha value is -1.33. The summed E-state index contributed by atoms with van der Waals surface area (Å²) in [4.78, 5) is 13.5. The first kappa shape index (κ1) is 13.7.